The van der Waals surface area contributed by atoms with E-state index in [0.717, 1.165) is 37.2 Å². The predicted molar refractivity (Wildman–Crippen MR) is 137 cm³/mol. The van der Waals surface area contributed by atoms with Crippen molar-refractivity contribution in [1.29, 1.82) is 0 Å². The SMILES string of the molecule is Cc1cc(NC(=O)CN2C(=O)[C@@H]3[C@H](C2=O)C2(Cl)c4ccccc4C3(Cl)c3ccccc32)ccc1Br. The second kappa shape index (κ2) is 7.66. The number of imide groups is 1. The van der Waals surface area contributed by atoms with Gasteiger partial charge in [0.2, 0.25) is 17.7 Å². The van der Waals surface area contributed by atoms with Gasteiger partial charge in [-0.15, -0.1) is 23.2 Å². The van der Waals surface area contributed by atoms with Gasteiger partial charge in [0.1, 0.15) is 16.3 Å². The Morgan fingerprint density at radius 1 is 0.886 bits per heavy atom. The van der Waals surface area contributed by atoms with Crippen LogP contribution in [0.3, 0.4) is 0 Å². The van der Waals surface area contributed by atoms with E-state index in [1.807, 2.05) is 67.6 Å². The van der Waals surface area contributed by atoms with Crippen LogP contribution in [0.15, 0.2) is 71.2 Å². The van der Waals surface area contributed by atoms with Crippen molar-refractivity contribution >= 4 is 62.5 Å². The Kier molecular flexibility index (Phi) is 4.99. The summed E-state index contributed by atoms with van der Waals surface area (Å²) in [6.07, 6.45) is 0. The number of nitrogens with one attached hydrogen (secondary N) is 1. The zero-order valence-corrected chi connectivity index (χ0v) is 21.6. The third-order valence-electron chi connectivity index (χ3n) is 7.42. The number of benzene rings is 3. The number of anilines is 1. The van der Waals surface area contributed by atoms with E-state index in [1.165, 1.54) is 0 Å². The molecule has 0 aromatic heterocycles. The minimum Gasteiger partial charge on any atom is -0.325 e. The van der Waals surface area contributed by atoms with Crippen LogP contribution in [-0.2, 0) is 24.1 Å². The maximum Gasteiger partial charge on any atom is 0.244 e. The molecule has 2 bridgehead atoms. The van der Waals surface area contributed by atoms with Gasteiger partial charge in [0.05, 0.1) is 11.8 Å². The first-order chi connectivity index (χ1) is 16.7. The smallest absolute Gasteiger partial charge is 0.244 e. The van der Waals surface area contributed by atoms with Crippen molar-refractivity contribution in [3.05, 3.63) is 99.0 Å². The largest absolute Gasteiger partial charge is 0.325 e. The molecule has 1 heterocycles. The molecular formula is C27H19BrCl2N2O3. The van der Waals surface area contributed by atoms with Gasteiger partial charge in [0.15, 0.2) is 0 Å². The van der Waals surface area contributed by atoms with E-state index < -0.39 is 45.9 Å². The monoisotopic (exact) mass is 568 g/mol. The third-order valence-corrected chi connectivity index (χ3v) is 9.59. The number of carbonyl (C=O) groups excluding carboxylic acids is 3. The Morgan fingerprint density at radius 3 is 1.77 bits per heavy atom. The summed E-state index contributed by atoms with van der Waals surface area (Å²) in [7, 11) is 0. The van der Waals surface area contributed by atoms with Crippen molar-refractivity contribution in [3.63, 3.8) is 0 Å². The summed E-state index contributed by atoms with van der Waals surface area (Å²) < 4.78 is 0.916. The van der Waals surface area contributed by atoms with Crippen molar-refractivity contribution < 1.29 is 14.4 Å². The number of nitrogens with zero attached hydrogens (tertiary/aromatic N) is 1. The molecule has 0 radical (unpaired) electrons. The molecule has 1 N–H and O–H groups in total. The Bertz CT molecular complexity index is 1330. The zero-order valence-electron chi connectivity index (χ0n) is 18.5. The number of halogens is 3. The molecule has 35 heavy (non-hydrogen) atoms. The van der Waals surface area contributed by atoms with E-state index in [9.17, 15) is 14.4 Å². The number of aryl methyl sites for hydroxylation is 1. The number of rotatable bonds is 3. The third kappa shape index (κ3) is 2.90. The van der Waals surface area contributed by atoms with Crippen LogP contribution < -0.4 is 5.32 Å². The topological polar surface area (TPSA) is 66.5 Å². The summed E-state index contributed by atoms with van der Waals surface area (Å²) >= 11 is 18.2. The number of carbonyl (C=O) groups is 3. The molecule has 0 saturated carbocycles. The van der Waals surface area contributed by atoms with Gasteiger partial charge in [-0.1, -0.05) is 64.5 Å². The standard InChI is InChI=1S/C27H19BrCl2N2O3/c1-14-12-15(10-11-20(14)28)31-21(33)13-32-24(34)22-23(25(32)35)27(30)17-7-3-2-6-16(17)26(22,29)18-8-4-5-9-19(18)27/h2-12,22-23H,13H2,1H3,(H,31,33)/t22-,23+,26?,27?. The molecule has 3 aliphatic carbocycles. The minimum absolute atomic E-state index is 0.410. The Hall–Kier alpha value is -2.67. The lowest BCUT2D eigenvalue weighted by atomic mass is 9.54. The average Bonchev–Trinajstić information content (AvgIpc) is 3.10. The van der Waals surface area contributed by atoms with Gasteiger partial charge < -0.3 is 5.32 Å². The van der Waals surface area contributed by atoms with Gasteiger partial charge in [-0.25, -0.2) is 0 Å². The first-order valence-corrected chi connectivity index (χ1v) is 12.7. The lowest BCUT2D eigenvalue weighted by molar-refractivity contribution is -0.142. The fourth-order valence-corrected chi connectivity index (χ4v) is 7.29. The average molecular weight is 570 g/mol. The molecule has 3 aromatic carbocycles. The van der Waals surface area contributed by atoms with Crippen molar-refractivity contribution in [1.82, 2.24) is 4.90 Å². The molecule has 176 valence electrons. The molecule has 1 saturated heterocycles. The van der Waals surface area contributed by atoms with E-state index in [1.54, 1.807) is 6.07 Å². The molecular weight excluding hydrogens is 551 g/mol. The highest BCUT2D eigenvalue weighted by Crippen LogP contribution is 2.69. The molecule has 0 unspecified atom stereocenters. The molecule has 1 fully saturated rings. The zero-order chi connectivity index (χ0) is 24.7. The highest BCUT2D eigenvalue weighted by molar-refractivity contribution is 9.10. The summed E-state index contributed by atoms with van der Waals surface area (Å²) in [5.74, 6) is -3.26. The lowest BCUT2D eigenvalue weighted by Gasteiger charge is -2.54. The maximum atomic E-state index is 13.8. The minimum atomic E-state index is -1.25. The molecule has 1 aliphatic heterocycles. The molecule has 2 atom stereocenters. The summed E-state index contributed by atoms with van der Waals surface area (Å²) in [5.41, 5.74) is 4.45. The number of hydrogen-bond donors (Lipinski definition) is 1. The van der Waals surface area contributed by atoms with Crippen LogP contribution in [0.4, 0.5) is 5.69 Å². The second-order valence-corrected chi connectivity index (χ2v) is 11.3. The summed E-state index contributed by atoms with van der Waals surface area (Å²) in [6, 6.07) is 20.3. The fourth-order valence-electron chi connectivity index (χ4n) is 5.95. The van der Waals surface area contributed by atoms with Gasteiger partial charge in [-0.05, 0) is 52.9 Å². The molecule has 0 spiro atoms. The number of amides is 3. The van der Waals surface area contributed by atoms with Crippen LogP contribution >= 0.6 is 39.1 Å². The number of likely N-dealkylation sites (tertiary alicyclic amines) is 1. The lowest BCUT2D eigenvalue weighted by Crippen LogP contribution is -2.57. The molecule has 3 amide bonds. The van der Waals surface area contributed by atoms with Gasteiger partial charge in [-0.2, -0.15) is 0 Å². The Labute approximate surface area is 220 Å². The molecule has 5 nitrogen and oxygen atoms in total. The molecule has 7 rings (SSSR count). The number of alkyl halides is 2. The van der Waals surface area contributed by atoms with E-state index >= 15 is 0 Å². The van der Waals surface area contributed by atoms with Crippen LogP contribution in [0, 0.1) is 18.8 Å². The van der Waals surface area contributed by atoms with Crippen LogP contribution in [0.25, 0.3) is 0 Å². The highest BCUT2D eigenvalue weighted by atomic mass is 79.9. The quantitative estimate of drug-likeness (QED) is 0.344. The molecule has 3 aromatic rings. The van der Waals surface area contributed by atoms with E-state index in [0.29, 0.717) is 5.69 Å². The van der Waals surface area contributed by atoms with Crippen molar-refractivity contribution in [2.75, 3.05) is 11.9 Å². The molecule has 4 aliphatic rings. The molecule has 8 heteroatoms. The fraction of sp³-hybridized carbons (Fsp3) is 0.222. The summed E-state index contributed by atoms with van der Waals surface area (Å²) in [5, 5.41) is 2.78. The Balaban J connectivity index is 1.40. The number of hydrogen-bond acceptors (Lipinski definition) is 3. The second-order valence-electron chi connectivity index (χ2n) is 9.24. The normalized spacial score (nSPS) is 27.9. The van der Waals surface area contributed by atoms with E-state index in [2.05, 4.69) is 21.2 Å². The first-order valence-electron chi connectivity index (χ1n) is 11.2. The van der Waals surface area contributed by atoms with Crippen LogP contribution in [0.5, 0.6) is 0 Å². The predicted octanol–water partition coefficient (Wildman–Crippen LogP) is 5.29. The van der Waals surface area contributed by atoms with Crippen molar-refractivity contribution in [2.24, 2.45) is 11.8 Å². The van der Waals surface area contributed by atoms with Gasteiger partial charge in [0.25, 0.3) is 0 Å². The van der Waals surface area contributed by atoms with E-state index in [4.69, 9.17) is 23.2 Å². The van der Waals surface area contributed by atoms with Gasteiger partial charge in [0, 0.05) is 10.2 Å². The van der Waals surface area contributed by atoms with Gasteiger partial charge >= 0.3 is 0 Å². The van der Waals surface area contributed by atoms with Crippen molar-refractivity contribution in [2.45, 2.75) is 16.7 Å². The Morgan fingerprint density at radius 2 is 1.34 bits per heavy atom. The van der Waals surface area contributed by atoms with Crippen LogP contribution in [-0.4, -0.2) is 29.2 Å². The highest BCUT2D eigenvalue weighted by Gasteiger charge is 2.73. The van der Waals surface area contributed by atoms with Crippen molar-refractivity contribution in [3.8, 4) is 0 Å². The van der Waals surface area contributed by atoms with E-state index in [-0.39, 0.29) is 0 Å². The van der Waals surface area contributed by atoms with Crippen LogP contribution in [0.1, 0.15) is 27.8 Å². The maximum absolute atomic E-state index is 13.8. The first kappa shape index (κ1) is 22.8. The summed E-state index contributed by atoms with van der Waals surface area (Å²) in [4.78, 5) is 38.9. The van der Waals surface area contributed by atoms with Crippen LogP contribution in [0.2, 0.25) is 0 Å². The van der Waals surface area contributed by atoms with Gasteiger partial charge in [-0.3, -0.25) is 19.3 Å². The summed E-state index contributed by atoms with van der Waals surface area (Å²) in [6.45, 7) is 1.50.